The third kappa shape index (κ3) is 7.87. The van der Waals surface area contributed by atoms with Gasteiger partial charge in [0.05, 0.1) is 33.1 Å². The summed E-state index contributed by atoms with van der Waals surface area (Å²) in [6.45, 7) is 6.27. The largest absolute Gasteiger partial charge is 0.493 e. The molecule has 2 aromatic rings. The second-order valence-electron chi connectivity index (χ2n) is 10.5. The number of methoxy groups -OCH3 is 3. The third-order valence-electron chi connectivity index (χ3n) is 7.19. The minimum Gasteiger partial charge on any atom is -0.493 e. The molecule has 0 unspecified atom stereocenters. The minimum atomic E-state index is -0.568. The summed E-state index contributed by atoms with van der Waals surface area (Å²) < 4.78 is 17.1. The predicted molar refractivity (Wildman–Crippen MR) is 166 cm³/mol. The average Bonchev–Trinajstić information content (AvgIpc) is 3.18. The van der Waals surface area contributed by atoms with E-state index in [1.54, 1.807) is 45.2 Å². The Balaban J connectivity index is 2.16. The summed E-state index contributed by atoms with van der Waals surface area (Å²) in [5.41, 5.74) is 3.18. The summed E-state index contributed by atoms with van der Waals surface area (Å²) in [6, 6.07) is 6.07. The van der Waals surface area contributed by atoms with Crippen LogP contribution in [0.2, 0.25) is 0 Å². The van der Waals surface area contributed by atoms with Gasteiger partial charge in [0.15, 0.2) is 11.5 Å². The molecule has 3 N–H and O–H groups in total. The van der Waals surface area contributed by atoms with Crippen molar-refractivity contribution < 1.29 is 23.8 Å². The summed E-state index contributed by atoms with van der Waals surface area (Å²) in [5, 5.41) is 9.26. The van der Waals surface area contributed by atoms with E-state index < -0.39 is 12.1 Å². The second kappa shape index (κ2) is 15.0. The van der Waals surface area contributed by atoms with Crippen molar-refractivity contribution in [1.82, 2.24) is 10.6 Å². The summed E-state index contributed by atoms with van der Waals surface area (Å²) in [4.78, 5) is 39.0. The Morgan fingerprint density at radius 3 is 2.39 bits per heavy atom. The molecule has 3 rings (SSSR count). The molecule has 0 radical (unpaired) electrons. The van der Waals surface area contributed by atoms with Crippen LogP contribution in [0.15, 0.2) is 29.1 Å². The number of carbonyl (C=O) groups is 2. The van der Waals surface area contributed by atoms with Crippen molar-refractivity contribution >= 4 is 29.3 Å². The van der Waals surface area contributed by atoms with Gasteiger partial charge in [0.25, 0.3) is 0 Å². The zero-order valence-electron chi connectivity index (χ0n) is 25.1. The molecule has 0 spiro atoms. The van der Waals surface area contributed by atoms with Crippen LogP contribution in [-0.4, -0.2) is 57.7 Å². The Hall–Kier alpha value is -3.40. The van der Waals surface area contributed by atoms with E-state index in [2.05, 4.69) is 29.8 Å². The number of carbonyl (C=O) groups excluding carboxylic acids is 2. The molecule has 2 atom stereocenters. The van der Waals surface area contributed by atoms with Crippen LogP contribution in [0.1, 0.15) is 57.2 Å². The molecule has 1 aliphatic carbocycles. The molecule has 0 heterocycles. The maximum atomic E-state index is 13.7. The molecule has 0 aromatic heterocycles. The molecule has 9 nitrogen and oxygen atoms in total. The molecule has 10 heteroatoms. The van der Waals surface area contributed by atoms with Gasteiger partial charge in [-0.2, -0.15) is 11.8 Å². The van der Waals surface area contributed by atoms with E-state index in [4.69, 9.17) is 14.2 Å². The van der Waals surface area contributed by atoms with E-state index in [0.29, 0.717) is 60.2 Å². The van der Waals surface area contributed by atoms with Crippen molar-refractivity contribution in [3.05, 3.63) is 45.6 Å². The highest BCUT2D eigenvalue weighted by atomic mass is 32.2. The first kappa shape index (κ1) is 32.1. The Labute approximate surface area is 247 Å². The van der Waals surface area contributed by atoms with E-state index >= 15 is 0 Å². The van der Waals surface area contributed by atoms with Gasteiger partial charge in [0.2, 0.25) is 23.0 Å². The smallest absolute Gasteiger partial charge is 0.242 e. The minimum absolute atomic E-state index is 0.132. The molecule has 0 fully saturated rings. The third-order valence-corrected chi connectivity index (χ3v) is 7.84. The molecular formula is C31H43N3O6S. The molecule has 0 bridgehead atoms. The molecular weight excluding hydrogens is 542 g/mol. The lowest BCUT2D eigenvalue weighted by Gasteiger charge is -2.19. The number of aryl methyl sites for hydroxylation is 1. The first-order chi connectivity index (χ1) is 19.6. The monoisotopic (exact) mass is 585 g/mol. The summed E-state index contributed by atoms with van der Waals surface area (Å²) in [6.07, 6.45) is 4.61. The Morgan fingerprint density at radius 2 is 1.78 bits per heavy atom. The number of benzene rings is 1. The lowest BCUT2D eigenvalue weighted by Crippen LogP contribution is -2.41. The summed E-state index contributed by atoms with van der Waals surface area (Å²) >= 11 is 1.65. The van der Waals surface area contributed by atoms with Gasteiger partial charge in [-0.1, -0.05) is 19.9 Å². The zero-order chi connectivity index (χ0) is 30.1. The fraction of sp³-hybridized carbons (Fsp3) is 0.516. The number of amides is 2. The van der Waals surface area contributed by atoms with Crippen LogP contribution in [0.25, 0.3) is 11.1 Å². The van der Waals surface area contributed by atoms with Crippen LogP contribution in [0.3, 0.4) is 0 Å². The van der Waals surface area contributed by atoms with Crippen molar-refractivity contribution in [2.75, 3.05) is 45.2 Å². The predicted octanol–water partition coefficient (Wildman–Crippen LogP) is 4.56. The SMILES string of the molecule is COc1cc2c(c(OC)c1OC)-c1ccc(N[C@@H](CCSC)C(=O)NCCC(C)C)c(=O)cc1[C@@H](NC(C)=O)CC2. The Morgan fingerprint density at radius 1 is 1.05 bits per heavy atom. The number of anilines is 1. The molecule has 0 saturated heterocycles. The van der Waals surface area contributed by atoms with Gasteiger partial charge in [-0.25, -0.2) is 0 Å². The van der Waals surface area contributed by atoms with Crippen LogP contribution in [-0.2, 0) is 16.0 Å². The number of hydrogen-bond acceptors (Lipinski definition) is 8. The fourth-order valence-electron chi connectivity index (χ4n) is 5.13. The van der Waals surface area contributed by atoms with Crippen LogP contribution in [0, 0.1) is 5.92 Å². The first-order valence-electron chi connectivity index (χ1n) is 14.0. The molecule has 41 heavy (non-hydrogen) atoms. The number of hydrogen-bond donors (Lipinski definition) is 3. The molecule has 2 aromatic carbocycles. The van der Waals surface area contributed by atoms with E-state index in [0.717, 1.165) is 28.9 Å². The lowest BCUT2D eigenvalue weighted by molar-refractivity contribution is -0.122. The van der Waals surface area contributed by atoms with E-state index in [-0.39, 0.29) is 17.2 Å². The van der Waals surface area contributed by atoms with Gasteiger partial charge >= 0.3 is 0 Å². The molecule has 1 aliphatic rings. The fourth-order valence-corrected chi connectivity index (χ4v) is 5.60. The Bertz CT molecular complexity index is 1300. The second-order valence-corrected chi connectivity index (χ2v) is 11.5. The molecule has 0 aliphatic heterocycles. The van der Waals surface area contributed by atoms with Crippen molar-refractivity contribution in [3.63, 3.8) is 0 Å². The molecule has 224 valence electrons. The van der Waals surface area contributed by atoms with E-state index in [1.807, 2.05) is 18.4 Å². The van der Waals surface area contributed by atoms with Gasteiger partial charge in [-0.05, 0) is 78.5 Å². The molecule has 0 saturated carbocycles. The highest BCUT2D eigenvalue weighted by Crippen LogP contribution is 2.50. The lowest BCUT2D eigenvalue weighted by atomic mass is 9.95. The highest BCUT2D eigenvalue weighted by Gasteiger charge is 2.30. The van der Waals surface area contributed by atoms with Crippen LogP contribution >= 0.6 is 11.8 Å². The van der Waals surface area contributed by atoms with Crippen molar-refractivity contribution in [1.29, 1.82) is 0 Å². The number of nitrogens with one attached hydrogen (secondary N) is 3. The maximum absolute atomic E-state index is 13.7. The van der Waals surface area contributed by atoms with Gasteiger partial charge < -0.3 is 30.2 Å². The summed E-state index contributed by atoms with van der Waals surface area (Å²) in [7, 11) is 4.69. The maximum Gasteiger partial charge on any atom is 0.242 e. The first-order valence-corrected chi connectivity index (χ1v) is 15.3. The quantitative estimate of drug-likeness (QED) is 0.314. The van der Waals surface area contributed by atoms with Crippen LogP contribution in [0.5, 0.6) is 17.2 Å². The number of fused-ring (bicyclic) bond motifs is 3. The van der Waals surface area contributed by atoms with E-state index in [1.165, 1.54) is 6.92 Å². The van der Waals surface area contributed by atoms with Gasteiger partial charge in [-0.3, -0.25) is 14.4 Å². The topological polar surface area (TPSA) is 115 Å². The van der Waals surface area contributed by atoms with Crippen molar-refractivity contribution in [2.24, 2.45) is 5.92 Å². The zero-order valence-corrected chi connectivity index (χ0v) is 26.0. The number of rotatable bonds is 13. The van der Waals surface area contributed by atoms with Gasteiger partial charge in [-0.15, -0.1) is 0 Å². The van der Waals surface area contributed by atoms with E-state index in [9.17, 15) is 14.4 Å². The molecule has 2 amide bonds. The van der Waals surface area contributed by atoms with Crippen LogP contribution in [0.4, 0.5) is 5.69 Å². The highest BCUT2D eigenvalue weighted by molar-refractivity contribution is 7.98. The average molecular weight is 586 g/mol. The van der Waals surface area contributed by atoms with Crippen LogP contribution < -0.4 is 35.6 Å². The normalized spacial score (nSPS) is 14.7. The number of thioether (sulfide) groups is 1. The van der Waals surface area contributed by atoms with Gasteiger partial charge in [0, 0.05) is 19.0 Å². The van der Waals surface area contributed by atoms with Gasteiger partial charge in [0.1, 0.15) is 6.04 Å². The Kier molecular flexibility index (Phi) is 11.8. The number of ether oxygens (including phenoxy) is 3. The summed E-state index contributed by atoms with van der Waals surface area (Å²) in [5.74, 6) is 2.38. The van der Waals surface area contributed by atoms with Crippen molar-refractivity contribution in [2.45, 2.75) is 58.5 Å². The van der Waals surface area contributed by atoms with Crippen molar-refractivity contribution in [3.8, 4) is 28.4 Å². The standard InChI is InChI=1S/C31H43N3O6S/c1-18(2)12-14-32-31(37)25(13-15-41-7)34-24-11-9-21-22(17-26(24)36)23(33-19(3)35)10-8-20-16-27(38-4)29(39-5)30(40-6)28(20)21/h9,11,16-18,23,25H,8,10,12-15H2,1-7H3,(H,32,37)(H,33,35)(H,34,36)/t23-,25-/m0/s1.